The Morgan fingerprint density at radius 3 is 2.89 bits per heavy atom. The minimum Gasteiger partial charge on any atom is -0.419 e. The number of sulfonamides is 1. The lowest BCUT2D eigenvalue weighted by Crippen LogP contribution is -2.41. The predicted molar refractivity (Wildman–Crippen MR) is 67.2 cm³/mol. The van der Waals surface area contributed by atoms with Gasteiger partial charge in [0.05, 0.1) is 12.5 Å². The Bertz CT molecular complexity index is 497. The van der Waals surface area contributed by atoms with Crippen molar-refractivity contribution in [1.82, 2.24) is 20.3 Å². The van der Waals surface area contributed by atoms with Crippen LogP contribution in [0.2, 0.25) is 0 Å². The molecule has 0 aromatic carbocycles. The molecule has 0 saturated heterocycles. The molecule has 3 N–H and O–H groups in total. The molecule has 18 heavy (non-hydrogen) atoms. The maximum absolute atomic E-state index is 11.9. The van der Waals surface area contributed by atoms with Crippen molar-refractivity contribution in [3.8, 4) is 0 Å². The standard InChI is InChI=1S/C10H18N4O3S/c1-7-4-5-12-9-10(14(7)18(3,15)16)17-8(11-2)6-13-9/h6-7,11-13H,4-5H2,1-3H3. The number of nitrogens with one attached hydrogen (secondary N) is 3. The quantitative estimate of drug-likeness (QED) is 0.623. The fraction of sp³-hybridized carbons (Fsp3) is 0.600. The van der Waals surface area contributed by atoms with Gasteiger partial charge in [-0.2, -0.15) is 0 Å². The second-order valence-corrected chi connectivity index (χ2v) is 6.17. The topological polar surface area (TPSA) is 82.7 Å². The molecule has 0 spiro atoms. The maximum atomic E-state index is 11.9. The number of ether oxygens (including phenoxy) is 1. The second-order valence-electron chi connectivity index (χ2n) is 4.31. The molecule has 0 aromatic heterocycles. The summed E-state index contributed by atoms with van der Waals surface area (Å²) in [7, 11) is -1.68. The molecule has 1 atom stereocenters. The first-order chi connectivity index (χ1) is 8.43. The van der Waals surface area contributed by atoms with Gasteiger partial charge in [-0.25, -0.2) is 12.7 Å². The lowest BCUT2D eigenvalue weighted by molar-refractivity contribution is 0.173. The van der Waals surface area contributed by atoms with Crippen molar-refractivity contribution in [3.05, 3.63) is 23.8 Å². The molecule has 0 saturated carbocycles. The summed E-state index contributed by atoms with van der Waals surface area (Å²) in [5, 5.41) is 8.96. The molecule has 0 bridgehead atoms. The van der Waals surface area contributed by atoms with Gasteiger partial charge in [0, 0.05) is 19.6 Å². The van der Waals surface area contributed by atoms with Gasteiger partial charge in [-0.3, -0.25) is 0 Å². The summed E-state index contributed by atoms with van der Waals surface area (Å²) in [5.41, 5.74) is 0. The molecule has 2 heterocycles. The zero-order chi connectivity index (χ0) is 13.3. The Kier molecular flexibility index (Phi) is 3.29. The smallest absolute Gasteiger partial charge is 0.252 e. The highest BCUT2D eigenvalue weighted by Gasteiger charge is 2.34. The van der Waals surface area contributed by atoms with Crippen molar-refractivity contribution in [1.29, 1.82) is 0 Å². The molecule has 2 aliphatic rings. The molecular weight excluding hydrogens is 256 g/mol. The van der Waals surface area contributed by atoms with Crippen molar-refractivity contribution in [3.63, 3.8) is 0 Å². The van der Waals surface area contributed by atoms with Gasteiger partial charge in [-0.05, 0) is 13.3 Å². The first-order valence-corrected chi connectivity index (χ1v) is 7.58. The Morgan fingerprint density at radius 2 is 2.28 bits per heavy atom. The minimum absolute atomic E-state index is 0.155. The molecule has 0 fully saturated rings. The van der Waals surface area contributed by atoms with Crippen LogP contribution >= 0.6 is 0 Å². The third-order valence-electron chi connectivity index (χ3n) is 2.84. The van der Waals surface area contributed by atoms with Crippen molar-refractivity contribution in [2.45, 2.75) is 19.4 Å². The van der Waals surface area contributed by atoms with E-state index < -0.39 is 10.0 Å². The van der Waals surface area contributed by atoms with Crippen LogP contribution < -0.4 is 16.0 Å². The van der Waals surface area contributed by atoms with E-state index in [4.69, 9.17) is 4.74 Å². The first-order valence-electron chi connectivity index (χ1n) is 5.73. The molecule has 0 amide bonds. The van der Waals surface area contributed by atoms with Crippen LogP contribution in [0.1, 0.15) is 13.3 Å². The summed E-state index contributed by atoms with van der Waals surface area (Å²) in [6, 6.07) is -0.155. The Balaban J connectivity index is 2.41. The maximum Gasteiger partial charge on any atom is 0.252 e. The van der Waals surface area contributed by atoms with Crippen molar-refractivity contribution in [2.24, 2.45) is 0 Å². The summed E-state index contributed by atoms with van der Waals surface area (Å²) in [6.07, 6.45) is 3.53. The number of nitrogens with zero attached hydrogens (tertiary/aromatic N) is 1. The summed E-state index contributed by atoms with van der Waals surface area (Å²) >= 11 is 0. The number of hydrogen-bond acceptors (Lipinski definition) is 6. The average molecular weight is 274 g/mol. The van der Waals surface area contributed by atoms with Gasteiger partial charge in [0.25, 0.3) is 5.88 Å². The van der Waals surface area contributed by atoms with E-state index in [1.807, 2.05) is 6.92 Å². The summed E-state index contributed by atoms with van der Waals surface area (Å²) in [4.78, 5) is 0. The lowest BCUT2D eigenvalue weighted by Gasteiger charge is -2.31. The predicted octanol–water partition coefficient (Wildman–Crippen LogP) is -0.605. The Hall–Kier alpha value is -1.57. The zero-order valence-electron chi connectivity index (χ0n) is 10.6. The average Bonchev–Trinajstić information content (AvgIpc) is 2.45. The molecule has 0 aliphatic carbocycles. The number of rotatable bonds is 2. The van der Waals surface area contributed by atoms with E-state index in [2.05, 4.69) is 16.0 Å². The SMILES string of the molecule is CNC1=CNC2=C(O1)N(S(C)(=O)=O)C(C)CCN2. The monoisotopic (exact) mass is 274 g/mol. The van der Waals surface area contributed by atoms with Crippen molar-refractivity contribution < 1.29 is 13.2 Å². The van der Waals surface area contributed by atoms with E-state index in [-0.39, 0.29) is 11.9 Å². The fourth-order valence-corrected chi connectivity index (χ4v) is 3.18. The van der Waals surface area contributed by atoms with Gasteiger partial charge in [0.2, 0.25) is 15.9 Å². The van der Waals surface area contributed by atoms with Gasteiger partial charge in [-0.15, -0.1) is 0 Å². The molecule has 8 heteroatoms. The molecule has 1 unspecified atom stereocenters. The molecule has 7 nitrogen and oxygen atoms in total. The first kappa shape index (κ1) is 12.9. The zero-order valence-corrected chi connectivity index (χ0v) is 11.5. The molecule has 0 aromatic rings. The van der Waals surface area contributed by atoms with Crippen LogP contribution in [0.5, 0.6) is 0 Å². The largest absolute Gasteiger partial charge is 0.419 e. The summed E-state index contributed by atoms with van der Waals surface area (Å²) in [5.74, 6) is 1.33. The van der Waals surface area contributed by atoms with Crippen LogP contribution in [0.15, 0.2) is 23.8 Å². The van der Waals surface area contributed by atoms with E-state index in [1.165, 1.54) is 10.6 Å². The molecule has 2 aliphatic heterocycles. The highest BCUT2D eigenvalue weighted by atomic mass is 32.2. The van der Waals surface area contributed by atoms with Gasteiger partial charge in [0.1, 0.15) is 0 Å². The third-order valence-corrected chi connectivity index (χ3v) is 4.08. The van der Waals surface area contributed by atoms with Crippen molar-refractivity contribution in [2.75, 3.05) is 19.8 Å². The van der Waals surface area contributed by atoms with Crippen LogP contribution in [0.3, 0.4) is 0 Å². The molecular formula is C10H18N4O3S. The highest BCUT2D eigenvalue weighted by Crippen LogP contribution is 2.25. The summed E-state index contributed by atoms with van der Waals surface area (Å²) < 4.78 is 30.7. The van der Waals surface area contributed by atoms with E-state index >= 15 is 0 Å². The van der Waals surface area contributed by atoms with Gasteiger partial charge >= 0.3 is 0 Å². The van der Waals surface area contributed by atoms with Crippen LogP contribution in [0.25, 0.3) is 0 Å². The lowest BCUT2D eigenvalue weighted by atomic mass is 10.2. The van der Waals surface area contributed by atoms with E-state index in [1.54, 1.807) is 13.2 Å². The van der Waals surface area contributed by atoms with Gasteiger partial charge in [0.15, 0.2) is 5.82 Å². The Morgan fingerprint density at radius 1 is 1.56 bits per heavy atom. The van der Waals surface area contributed by atoms with E-state index in [9.17, 15) is 8.42 Å². The molecule has 0 radical (unpaired) electrons. The van der Waals surface area contributed by atoms with Crippen LogP contribution in [-0.2, 0) is 14.8 Å². The van der Waals surface area contributed by atoms with Gasteiger partial charge < -0.3 is 20.7 Å². The fourth-order valence-electron chi connectivity index (χ4n) is 1.99. The Labute approximate surface area is 107 Å². The highest BCUT2D eigenvalue weighted by molar-refractivity contribution is 7.88. The second kappa shape index (κ2) is 4.60. The molecule has 2 rings (SSSR count). The summed E-state index contributed by atoms with van der Waals surface area (Å²) in [6.45, 7) is 2.55. The van der Waals surface area contributed by atoms with Crippen molar-refractivity contribution >= 4 is 10.0 Å². The third kappa shape index (κ3) is 2.33. The van der Waals surface area contributed by atoms with Crippen LogP contribution in [-0.4, -0.2) is 38.6 Å². The molecule has 102 valence electrons. The van der Waals surface area contributed by atoms with E-state index in [0.717, 1.165) is 0 Å². The van der Waals surface area contributed by atoms with Crippen LogP contribution in [0.4, 0.5) is 0 Å². The van der Waals surface area contributed by atoms with Gasteiger partial charge in [-0.1, -0.05) is 0 Å². The minimum atomic E-state index is -3.38. The van der Waals surface area contributed by atoms with Crippen LogP contribution in [0, 0.1) is 0 Å². The number of hydrogen-bond donors (Lipinski definition) is 3. The van der Waals surface area contributed by atoms with E-state index in [0.29, 0.717) is 24.7 Å². The normalized spacial score (nSPS) is 24.1.